The second-order valence-corrected chi connectivity index (χ2v) is 3.59. The lowest BCUT2D eigenvalue weighted by molar-refractivity contribution is 0.278. The first-order chi connectivity index (χ1) is 6.72. The number of nitrogens with zero attached hydrogens (tertiary/aromatic N) is 2. The number of aromatic nitrogens is 2. The highest BCUT2D eigenvalue weighted by Gasteiger charge is 2.03. The summed E-state index contributed by atoms with van der Waals surface area (Å²) >= 11 is 0. The monoisotopic (exact) mass is 190 g/mol. The Bertz CT molecular complexity index is 460. The maximum Gasteiger partial charge on any atom is 0.0959 e. The molecule has 0 saturated heterocycles. The van der Waals surface area contributed by atoms with Crippen LogP contribution in [-0.4, -0.2) is 21.3 Å². The van der Waals surface area contributed by atoms with Gasteiger partial charge in [0.05, 0.1) is 24.0 Å². The van der Waals surface area contributed by atoms with Crippen LogP contribution < -0.4 is 0 Å². The first-order valence-corrected chi connectivity index (χ1v) is 4.75. The molecule has 1 heterocycles. The van der Waals surface area contributed by atoms with Crippen LogP contribution in [0.4, 0.5) is 0 Å². The van der Waals surface area contributed by atoms with E-state index in [1.807, 2.05) is 4.57 Å². The highest BCUT2D eigenvalue weighted by molar-refractivity contribution is 5.77. The molecule has 0 unspecified atom stereocenters. The molecular formula is C11H14N2O. The average Bonchev–Trinajstić information content (AvgIpc) is 2.51. The molecular weight excluding hydrogens is 176 g/mol. The fourth-order valence-corrected chi connectivity index (χ4v) is 1.60. The Morgan fingerprint density at radius 1 is 1.29 bits per heavy atom. The van der Waals surface area contributed by atoms with Crippen molar-refractivity contribution in [3.05, 3.63) is 29.6 Å². The molecule has 0 aliphatic rings. The minimum Gasteiger partial charge on any atom is -0.395 e. The van der Waals surface area contributed by atoms with Crippen LogP contribution in [0.5, 0.6) is 0 Å². The van der Waals surface area contributed by atoms with Gasteiger partial charge in [-0.15, -0.1) is 0 Å². The molecule has 0 bridgehead atoms. The van der Waals surface area contributed by atoms with Crippen molar-refractivity contribution in [1.29, 1.82) is 0 Å². The zero-order valence-corrected chi connectivity index (χ0v) is 8.49. The van der Waals surface area contributed by atoms with Crippen molar-refractivity contribution in [3.8, 4) is 0 Å². The Morgan fingerprint density at radius 2 is 2.00 bits per heavy atom. The fourth-order valence-electron chi connectivity index (χ4n) is 1.60. The summed E-state index contributed by atoms with van der Waals surface area (Å²) in [6.07, 6.45) is 1.78. The first kappa shape index (κ1) is 9.21. The van der Waals surface area contributed by atoms with Crippen LogP contribution in [0.25, 0.3) is 11.0 Å². The van der Waals surface area contributed by atoms with E-state index in [0.29, 0.717) is 6.54 Å². The van der Waals surface area contributed by atoms with E-state index in [1.165, 1.54) is 11.1 Å². The molecule has 0 atom stereocenters. The lowest BCUT2D eigenvalue weighted by Crippen LogP contribution is -2.00. The van der Waals surface area contributed by atoms with Gasteiger partial charge in [0, 0.05) is 6.54 Å². The third-order valence-electron chi connectivity index (χ3n) is 2.58. The van der Waals surface area contributed by atoms with Crippen molar-refractivity contribution in [3.63, 3.8) is 0 Å². The van der Waals surface area contributed by atoms with Gasteiger partial charge in [0.1, 0.15) is 0 Å². The van der Waals surface area contributed by atoms with Crippen molar-refractivity contribution in [2.75, 3.05) is 6.61 Å². The van der Waals surface area contributed by atoms with Crippen molar-refractivity contribution >= 4 is 11.0 Å². The van der Waals surface area contributed by atoms with E-state index in [2.05, 4.69) is 31.0 Å². The van der Waals surface area contributed by atoms with E-state index in [0.717, 1.165) is 11.0 Å². The summed E-state index contributed by atoms with van der Waals surface area (Å²) < 4.78 is 1.97. The van der Waals surface area contributed by atoms with E-state index in [1.54, 1.807) is 6.33 Å². The lowest BCUT2D eigenvalue weighted by Gasteiger charge is -2.03. The van der Waals surface area contributed by atoms with Crippen LogP contribution in [-0.2, 0) is 6.54 Å². The van der Waals surface area contributed by atoms with Gasteiger partial charge in [-0.25, -0.2) is 4.98 Å². The molecule has 1 aromatic heterocycles. The summed E-state index contributed by atoms with van der Waals surface area (Å²) in [6.45, 7) is 4.93. The van der Waals surface area contributed by atoms with Gasteiger partial charge in [-0.2, -0.15) is 0 Å². The Morgan fingerprint density at radius 3 is 2.71 bits per heavy atom. The van der Waals surface area contributed by atoms with Gasteiger partial charge in [0.15, 0.2) is 0 Å². The largest absolute Gasteiger partial charge is 0.395 e. The van der Waals surface area contributed by atoms with Crippen LogP contribution in [0.15, 0.2) is 18.5 Å². The molecule has 74 valence electrons. The SMILES string of the molecule is Cc1cc2ncn(CCO)c2cc1C. The number of hydrogen-bond acceptors (Lipinski definition) is 2. The number of aryl methyl sites for hydroxylation is 2. The van der Waals surface area contributed by atoms with Crippen LogP contribution in [0.1, 0.15) is 11.1 Å². The van der Waals surface area contributed by atoms with Gasteiger partial charge in [0.2, 0.25) is 0 Å². The van der Waals surface area contributed by atoms with Gasteiger partial charge in [-0.3, -0.25) is 0 Å². The fraction of sp³-hybridized carbons (Fsp3) is 0.364. The van der Waals surface area contributed by atoms with E-state index in [-0.39, 0.29) is 6.61 Å². The minimum atomic E-state index is 0.151. The number of benzene rings is 1. The number of aliphatic hydroxyl groups excluding tert-OH is 1. The molecule has 0 aliphatic heterocycles. The molecule has 3 heteroatoms. The topological polar surface area (TPSA) is 38.0 Å². The highest BCUT2D eigenvalue weighted by atomic mass is 16.3. The minimum absolute atomic E-state index is 0.151. The quantitative estimate of drug-likeness (QED) is 0.781. The summed E-state index contributed by atoms with van der Waals surface area (Å²) in [6, 6.07) is 4.20. The lowest BCUT2D eigenvalue weighted by atomic mass is 10.1. The molecule has 1 N–H and O–H groups in total. The van der Waals surface area contributed by atoms with Gasteiger partial charge in [0.25, 0.3) is 0 Å². The number of rotatable bonds is 2. The van der Waals surface area contributed by atoms with Crippen LogP contribution in [0, 0.1) is 13.8 Å². The molecule has 1 aromatic carbocycles. The van der Waals surface area contributed by atoms with E-state index < -0.39 is 0 Å². The second kappa shape index (κ2) is 3.42. The zero-order chi connectivity index (χ0) is 10.1. The molecule has 2 aromatic rings. The number of imidazole rings is 1. The van der Waals surface area contributed by atoms with Crippen molar-refractivity contribution in [1.82, 2.24) is 9.55 Å². The third kappa shape index (κ3) is 1.40. The summed E-state index contributed by atoms with van der Waals surface area (Å²) in [7, 11) is 0. The zero-order valence-electron chi connectivity index (χ0n) is 8.49. The second-order valence-electron chi connectivity index (χ2n) is 3.59. The number of hydrogen-bond donors (Lipinski definition) is 1. The molecule has 14 heavy (non-hydrogen) atoms. The highest BCUT2D eigenvalue weighted by Crippen LogP contribution is 2.17. The predicted octanol–water partition coefficient (Wildman–Crippen LogP) is 1.65. The Kier molecular flexibility index (Phi) is 2.25. The van der Waals surface area contributed by atoms with Crippen LogP contribution in [0.3, 0.4) is 0 Å². The third-order valence-corrected chi connectivity index (χ3v) is 2.58. The van der Waals surface area contributed by atoms with Crippen molar-refractivity contribution < 1.29 is 5.11 Å². The van der Waals surface area contributed by atoms with E-state index in [4.69, 9.17) is 5.11 Å². The van der Waals surface area contributed by atoms with Gasteiger partial charge < -0.3 is 9.67 Å². The van der Waals surface area contributed by atoms with Crippen LogP contribution >= 0.6 is 0 Å². The standard InChI is InChI=1S/C11H14N2O/c1-8-5-10-11(6-9(8)2)13(3-4-14)7-12-10/h5-7,14H,3-4H2,1-2H3. The molecule has 0 saturated carbocycles. The van der Waals surface area contributed by atoms with Gasteiger partial charge in [-0.05, 0) is 37.1 Å². The Hall–Kier alpha value is -1.35. The molecule has 0 radical (unpaired) electrons. The van der Waals surface area contributed by atoms with Crippen molar-refractivity contribution in [2.45, 2.75) is 20.4 Å². The number of aliphatic hydroxyl groups is 1. The molecule has 0 aliphatic carbocycles. The summed E-state index contributed by atoms with van der Waals surface area (Å²) in [4.78, 5) is 4.29. The smallest absolute Gasteiger partial charge is 0.0959 e. The van der Waals surface area contributed by atoms with Gasteiger partial charge >= 0.3 is 0 Å². The molecule has 0 amide bonds. The average molecular weight is 190 g/mol. The maximum atomic E-state index is 8.87. The van der Waals surface area contributed by atoms with Gasteiger partial charge in [-0.1, -0.05) is 0 Å². The summed E-state index contributed by atoms with van der Waals surface area (Å²) in [5.74, 6) is 0. The summed E-state index contributed by atoms with van der Waals surface area (Å²) in [5.41, 5.74) is 4.62. The van der Waals surface area contributed by atoms with Crippen molar-refractivity contribution in [2.24, 2.45) is 0 Å². The van der Waals surface area contributed by atoms with E-state index in [9.17, 15) is 0 Å². The molecule has 3 nitrogen and oxygen atoms in total. The first-order valence-electron chi connectivity index (χ1n) is 4.75. The van der Waals surface area contributed by atoms with Crippen LogP contribution in [0.2, 0.25) is 0 Å². The maximum absolute atomic E-state index is 8.87. The molecule has 0 fully saturated rings. The number of fused-ring (bicyclic) bond motifs is 1. The normalized spacial score (nSPS) is 11.1. The molecule has 2 rings (SSSR count). The predicted molar refractivity (Wildman–Crippen MR) is 56.3 cm³/mol. The summed E-state index contributed by atoms with van der Waals surface area (Å²) in [5, 5.41) is 8.87. The molecule has 0 spiro atoms. The van der Waals surface area contributed by atoms with E-state index >= 15 is 0 Å². The Balaban J connectivity index is 2.61. The Labute approximate surface area is 83.0 Å².